The predicted molar refractivity (Wildman–Crippen MR) is 150 cm³/mol. The van der Waals surface area contributed by atoms with E-state index in [1.165, 1.54) is 43.7 Å². The Balaban J connectivity index is 1.30. The average Bonchev–Trinajstić information content (AvgIpc) is 3.37. The van der Waals surface area contributed by atoms with Gasteiger partial charge in [0.05, 0.1) is 16.9 Å². The number of nitrogens with zero attached hydrogens (tertiary/aromatic N) is 1. The Bertz CT molecular complexity index is 1230. The number of aryl methyl sites for hydroxylation is 1. The Hall–Kier alpha value is -2.23. The van der Waals surface area contributed by atoms with E-state index in [0.29, 0.717) is 30.7 Å². The molecule has 200 valence electrons. The minimum atomic E-state index is -3.99. The highest BCUT2D eigenvalue weighted by Gasteiger charge is 2.31. The zero-order chi connectivity index (χ0) is 25.8. The van der Waals surface area contributed by atoms with Crippen molar-refractivity contribution >= 4 is 39.1 Å². The van der Waals surface area contributed by atoms with E-state index >= 15 is 0 Å². The van der Waals surface area contributed by atoms with Crippen LogP contribution in [-0.2, 0) is 22.9 Å². The van der Waals surface area contributed by atoms with Gasteiger partial charge in [-0.05, 0) is 105 Å². The largest absolute Gasteiger partial charge is 0.478 e. The number of thioether (sulfide) groups is 1. The van der Waals surface area contributed by atoms with Crippen molar-refractivity contribution < 1.29 is 18.3 Å². The fraction of sp³-hybridized carbons (Fsp3) is 0.536. The first kappa shape index (κ1) is 26.4. The van der Waals surface area contributed by atoms with E-state index in [-0.39, 0.29) is 16.1 Å². The number of rotatable bonds is 9. The van der Waals surface area contributed by atoms with Crippen LogP contribution < -0.4 is 10.0 Å². The Kier molecular flexibility index (Phi) is 8.31. The molecule has 5 rings (SSSR count). The second-order valence-electron chi connectivity index (χ2n) is 10.3. The molecule has 3 N–H and O–H groups in total. The highest BCUT2D eigenvalue weighted by Crippen LogP contribution is 2.33. The van der Waals surface area contributed by atoms with Crippen molar-refractivity contribution in [2.75, 3.05) is 34.6 Å². The normalized spacial score (nSPS) is 20.9. The van der Waals surface area contributed by atoms with Crippen LogP contribution in [0.5, 0.6) is 0 Å². The first-order valence-corrected chi connectivity index (χ1v) is 16.1. The average molecular weight is 544 g/mol. The Morgan fingerprint density at radius 2 is 1.78 bits per heavy atom. The summed E-state index contributed by atoms with van der Waals surface area (Å²) in [6, 6.07) is 11.6. The molecule has 0 unspecified atom stereocenters. The Morgan fingerprint density at radius 3 is 2.59 bits per heavy atom. The van der Waals surface area contributed by atoms with Gasteiger partial charge in [-0.3, -0.25) is 9.62 Å². The van der Waals surface area contributed by atoms with Crippen molar-refractivity contribution in [3.8, 4) is 0 Å². The number of para-hydroxylation sites is 1. The van der Waals surface area contributed by atoms with E-state index < -0.39 is 16.0 Å². The number of likely N-dealkylation sites (tertiary alicyclic amines) is 1. The number of fused-ring (bicyclic) bond motifs is 1. The van der Waals surface area contributed by atoms with Gasteiger partial charge in [0.25, 0.3) is 10.0 Å². The zero-order valence-electron chi connectivity index (χ0n) is 21.2. The number of nitrogens with one attached hydrogen (secondary N) is 2. The smallest absolute Gasteiger partial charge is 0.338 e. The lowest BCUT2D eigenvalue weighted by Crippen LogP contribution is -2.41. The van der Waals surface area contributed by atoms with Crippen LogP contribution in [0.2, 0.25) is 0 Å². The zero-order valence-corrected chi connectivity index (χ0v) is 22.9. The van der Waals surface area contributed by atoms with Gasteiger partial charge in [-0.25, -0.2) is 13.2 Å². The minimum absolute atomic E-state index is 0.0775. The summed E-state index contributed by atoms with van der Waals surface area (Å²) in [5, 5.41) is 13.3. The minimum Gasteiger partial charge on any atom is -0.478 e. The van der Waals surface area contributed by atoms with E-state index in [9.17, 15) is 18.3 Å². The van der Waals surface area contributed by atoms with E-state index in [1.54, 1.807) is 24.3 Å². The third kappa shape index (κ3) is 5.94. The lowest BCUT2D eigenvalue weighted by molar-refractivity contribution is 0.0696. The fourth-order valence-corrected chi connectivity index (χ4v) is 8.58. The van der Waals surface area contributed by atoms with E-state index in [0.717, 1.165) is 36.8 Å². The molecule has 2 heterocycles. The molecule has 2 aliphatic heterocycles. The molecule has 0 aromatic heterocycles. The third-order valence-electron chi connectivity index (χ3n) is 8.04. The Labute approximate surface area is 224 Å². The molecule has 9 heteroatoms. The lowest BCUT2D eigenvalue weighted by atomic mass is 9.87. The van der Waals surface area contributed by atoms with Crippen molar-refractivity contribution in [3.05, 3.63) is 53.1 Å². The second-order valence-corrected chi connectivity index (χ2v) is 13.2. The standard InChI is InChI=1S/C28H37N3O4S2/c32-28(33)27-23-8-2-1-6-20(23)11-12-25(27)30-37(34,35)26-10-4-3-9-24(26)29-16-13-21-7-5-17-31(21)22-14-18-36-19-15-22/h3-4,9-12,21-22,29-30H,1-2,5-8,13-19H2,(H,32,33)/t21-/m0/s1. The molecule has 0 bridgehead atoms. The highest BCUT2D eigenvalue weighted by atomic mass is 32.2. The SMILES string of the molecule is O=C(O)c1c(NS(=O)(=O)c2ccccc2NCC[C@@H]2CCCN2C2CCSCC2)ccc2c1CCCC2. The van der Waals surface area contributed by atoms with Gasteiger partial charge in [0, 0.05) is 18.6 Å². The quantitative estimate of drug-likeness (QED) is 0.399. The van der Waals surface area contributed by atoms with Gasteiger partial charge < -0.3 is 10.4 Å². The van der Waals surface area contributed by atoms with Crippen LogP contribution in [-0.4, -0.2) is 61.1 Å². The summed E-state index contributed by atoms with van der Waals surface area (Å²) in [6.07, 6.45) is 9.35. The fourth-order valence-electron chi connectivity index (χ4n) is 6.24. The second kappa shape index (κ2) is 11.7. The van der Waals surface area contributed by atoms with Crippen LogP contribution in [0.3, 0.4) is 0 Å². The van der Waals surface area contributed by atoms with Gasteiger partial charge in [0.2, 0.25) is 0 Å². The van der Waals surface area contributed by atoms with Gasteiger partial charge in [-0.15, -0.1) is 0 Å². The maximum Gasteiger partial charge on any atom is 0.338 e. The molecule has 2 saturated heterocycles. The third-order valence-corrected chi connectivity index (χ3v) is 10.5. The molecule has 37 heavy (non-hydrogen) atoms. The maximum atomic E-state index is 13.5. The van der Waals surface area contributed by atoms with Gasteiger partial charge in [-0.1, -0.05) is 18.2 Å². The van der Waals surface area contributed by atoms with Crippen LogP contribution in [0.25, 0.3) is 0 Å². The molecule has 2 fully saturated rings. The summed E-state index contributed by atoms with van der Waals surface area (Å²) in [5.41, 5.74) is 2.51. The molecule has 2 aromatic rings. The van der Waals surface area contributed by atoms with Crippen LogP contribution in [0.4, 0.5) is 11.4 Å². The van der Waals surface area contributed by atoms with Crippen LogP contribution in [0.1, 0.15) is 66.4 Å². The molecule has 0 radical (unpaired) electrons. The van der Waals surface area contributed by atoms with Crippen LogP contribution >= 0.6 is 11.8 Å². The molecule has 0 spiro atoms. The molecular formula is C28H37N3O4S2. The maximum absolute atomic E-state index is 13.5. The van der Waals surface area contributed by atoms with Gasteiger partial charge in [-0.2, -0.15) is 11.8 Å². The molecule has 2 aromatic carbocycles. The lowest BCUT2D eigenvalue weighted by Gasteiger charge is -2.35. The van der Waals surface area contributed by atoms with Crippen LogP contribution in [0.15, 0.2) is 41.3 Å². The molecule has 7 nitrogen and oxygen atoms in total. The number of aromatic carboxylic acids is 1. The van der Waals surface area contributed by atoms with Gasteiger partial charge >= 0.3 is 5.97 Å². The topological polar surface area (TPSA) is 98.7 Å². The molecule has 3 aliphatic rings. The van der Waals surface area contributed by atoms with E-state index in [2.05, 4.69) is 26.7 Å². The molecule has 1 aliphatic carbocycles. The van der Waals surface area contributed by atoms with Crippen molar-refractivity contribution in [1.82, 2.24) is 4.90 Å². The summed E-state index contributed by atoms with van der Waals surface area (Å²) in [4.78, 5) is 15.0. The molecule has 0 amide bonds. The number of hydrogen-bond donors (Lipinski definition) is 3. The first-order valence-electron chi connectivity index (χ1n) is 13.5. The molecular weight excluding hydrogens is 506 g/mol. The number of carboxylic acid groups (broad SMARTS) is 1. The van der Waals surface area contributed by atoms with Crippen molar-refractivity contribution in [1.29, 1.82) is 0 Å². The summed E-state index contributed by atoms with van der Waals surface area (Å²) in [7, 11) is -3.99. The number of benzene rings is 2. The van der Waals surface area contributed by atoms with Crippen molar-refractivity contribution in [3.63, 3.8) is 0 Å². The summed E-state index contributed by atoms with van der Waals surface area (Å²) < 4.78 is 29.6. The molecule has 0 saturated carbocycles. The summed E-state index contributed by atoms with van der Waals surface area (Å²) in [5.74, 6) is 1.40. The number of anilines is 2. The Morgan fingerprint density at radius 1 is 1.00 bits per heavy atom. The summed E-state index contributed by atoms with van der Waals surface area (Å²) in [6.45, 7) is 1.86. The van der Waals surface area contributed by atoms with Crippen LogP contribution in [0, 0.1) is 0 Å². The van der Waals surface area contributed by atoms with Crippen molar-refractivity contribution in [2.24, 2.45) is 0 Å². The first-order chi connectivity index (χ1) is 17.9. The number of sulfonamides is 1. The van der Waals surface area contributed by atoms with E-state index in [1.807, 2.05) is 12.1 Å². The predicted octanol–water partition coefficient (Wildman–Crippen LogP) is 5.23. The monoisotopic (exact) mass is 543 g/mol. The number of carbonyl (C=O) groups is 1. The summed E-state index contributed by atoms with van der Waals surface area (Å²) >= 11 is 2.05. The molecule has 1 atom stereocenters. The number of carboxylic acids is 1. The van der Waals surface area contributed by atoms with E-state index in [4.69, 9.17) is 0 Å². The van der Waals surface area contributed by atoms with Gasteiger partial charge in [0.1, 0.15) is 4.90 Å². The van der Waals surface area contributed by atoms with Crippen molar-refractivity contribution in [2.45, 2.75) is 74.8 Å². The van der Waals surface area contributed by atoms with Gasteiger partial charge in [0.15, 0.2) is 0 Å². The highest BCUT2D eigenvalue weighted by molar-refractivity contribution is 7.99. The number of hydrogen-bond acceptors (Lipinski definition) is 6.